The van der Waals surface area contributed by atoms with Crippen LogP contribution in [-0.4, -0.2) is 16.5 Å². The monoisotopic (exact) mass is 247 g/mol. The summed E-state index contributed by atoms with van der Waals surface area (Å²) >= 11 is 0. The number of anilines is 1. The van der Waals surface area contributed by atoms with E-state index in [4.69, 9.17) is 0 Å². The third-order valence-corrected chi connectivity index (χ3v) is 3.13. The van der Waals surface area contributed by atoms with Crippen LogP contribution < -0.4 is 4.90 Å². The lowest BCUT2D eigenvalue weighted by Crippen LogP contribution is -2.31. The van der Waals surface area contributed by atoms with Crippen molar-refractivity contribution in [1.82, 2.24) is 9.97 Å². The minimum absolute atomic E-state index is 0.261. The molecule has 0 amide bonds. The van der Waals surface area contributed by atoms with E-state index in [0.717, 1.165) is 17.7 Å². The Bertz CT molecular complexity index is 586. The van der Waals surface area contributed by atoms with Crippen molar-refractivity contribution in [3.05, 3.63) is 53.6 Å². The summed E-state index contributed by atoms with van der Waals surface area (Å²) in [6.45, 7) is 1.17. The number of halogens is 2. The summed E-state index contributed by atoms with van der Waals surface area (Å²) in [7, 11) is 0. The standard InChI is InChI=1S/C13H11F2N3/c14-12-11(3-6-17-13(12)15)18-7-4-10-9(8-18)2-1-5-16-10/h1-3,5-6H,4,7-8H2. The summed E-state index contributed by atoms with van der Waals surface area (Å²) in [5.74, 6) is -1.94. The molecule has 0 unspecified atom stereocenters. The third kappa shape index (κ3) is 1.81. The molecule has 0 N–H and O–H groups in total. The van der Waals surface area contributed by atoms with Crippen LogP contribution in [0.4, 0.5) is 14.5 Å². The summed E-state index contributed by atoms with van der Waals surface area (Å²) in [4.78, 5) is 9.39. The molecule has 0 aromatic carbocycles. The maximum atomic E-state index is 13.7. The molecule has 5 heteroatoms. The number of nitrogens with zero attached hydrogens (tertiary/aromatic N) is 3. The number of pyridine rings is 2. The Morgan fingerprint density at radius 1 is 1.11 bits per heavy atom. The fraction of sp³-hybridized carbons (Fsp3) is 0.231. The fourth-order valence-corrected chi connectivity index (χ4v) is 2.22. The lowest BCUT2D eigenvalue weighted by atomic mass is 10.1. The molecule has 0 spiro atoms. The normalized spacial score (nSPS) is 14.4. The number of hydrogen-bond donors (Lipinski definition) is 0. The van der Waals surface area contributed by atoms with Crippen LogP contribution in [0.2, 0.25) is 0 Å². The van der Waals surface area contributed by atoms with E-state index in [1.807, 2.05) is 17.0 Å². The Morgan fingerprint density at radius 2 is 2.00 bits per heavy atom. The van der Waals surface area contributed by atoms with E-state index in [2.05, 4.69) is 9.97 Å². The molecule has 0 atom stereocenters. The van der Waals surface area contributed by atoms with Gasteiger partial charge in [-0.05, 0) is 17.7 Å². The first-order valence-corrected chi connectivity index (χ1v) is 5.73. The van der Waals surface area contributed by atoms with Gasteiger partial charge in [-0.3, -0.25) is 4.98 Å². The van der Waals surface area contributed by atoms with Gasteiger partial charge >= 0.3 is 0 Å². The highest BCUT2D eigenvalue weighted by Crippen LogP contribution is 2.25. The Kier molecular flexibility index (Phi) is 2.66. The summed E-state index contributed by atoms with van der Waals surface area (Å²) in [6, 6.07) is 5.32. The zero-order chi connectivity index (χ0) is 12.5. The molecule has 1 aliphatic rings. The first kappa shape index (κ1) is 11.1. The highest BCUT2D eigenvalue weighted by Gasteiger charge is 2.21. The van der Waals surface area contributed by atoms with Gasteiger partial charge in [0.1, 0.15) is 0 Å². The van der Waals surface area contributed by atoms with Crippen LogP contribution in [0.25, 0.3) is 0 Å². The van der Waals surface area contributed by atoms with Gasteiger partial charge in [0.05, 0.1) is 5.69 Å². The second-order valence-corrected chi connectivity index (χ2v) is 4.22. The lowest BCUT2D eigenvalue weighted by molar-refractivity contribution is 0.476. The molecule has 3 rings (SSSR count). The van der Waals surface area contributed by atoms with Crippen LogP contribution in [-0.2, 0) is 13.0 Å². The highest BCUT2D eigenvalue weighted by molar-refractivity contribution is 5.49. The molecular formula is C13H11F2N3. The van der Waals surface area contributed by atoms with Crippen LogP contribution in [0, 0.1) is 11.8 Å². The SMILES string of the molecule is Fc1nccc(N2CCc3ncccc3C2)c1F. The number of fused-ring (bicyclic) bond motifs is 1. The Morgan fingerprint density at radius 3 is 2.89 bits per heavy atom. The molecule has 0 saturated heterocycles. The van der Waals surface area contributed by atoms with Gasteiger partial charge in [-0.1, -0.05) is 6.07 Å². The first-order chi connectivity index (χ1) is 8.75. The Hall–Kier alpha value is -2.04. The van der Waals surface area contributed by atoms with Crippen LogP contribution in [0.5, 0.6) is 0 Å². The Balaban J connectivity index is 1.94. The average molecular weight is 247 g/mol. The first-order valence-electron chi connectivity index (χ1n) is 5.73. The van der Waals surface area contributed by atoms with Crippen molar-refractivity contribution in [2.45, 2.75) is 13.0 Å². The van der Waals surface area contributed by atoms with E-state index in [0.29, 0.717) is 13.1 Å². The van der Waals surface area contributed by atoms with Crippen LogP contribution >= 0.6 is 0 Å². The fourth-order valence-electron chi connectivity index (χ4n) is 2.22. The van der Waals surface area contributed by atoms with Crippen LogP contribution in [0.1, 0.15) is 11.3 Å². The predicted molar refractivity (Wildman–Crippen MR) is 63.1 cm³/mol. The van der Waals surface area contributed by atoms with Crippen molar-refractivity contribution in [3.63, 3.8) is 0 Å². The molecule has 0 aliphatic carbocycles. The summed E-state index contributed by atoms with van der Waals surface area (Å²) in [6.07, 6.45) is 3.77. The smallest absolute Gasteiger partial charge is 0.251 e. The maximum Gasteiger partial charge on any atom is 0.251 e. The van der Waals surface area contributed by atoms with E-state index >= 15 is 0 Å². The van der Waals surface area contributed by atoms with E-state index in [9.17, 15) is 8.78 Å². The van der Waals surface area contributed by atoms with Gasteiger partial charge < -0.3 is 4.90 Å². The molecule has 2 aromatic heterocycles. The summed E-state index contributed by atoms with van der Waals surface area (Å²) < 4.78 is 26.8. The van der Waals surface area contributed by atoms with Crippen molar-refractivity contribution in [2.75, 3.05) is 11.4 Å². The zero-order valence-corrected chi connectivity index (χ0v) is 9.61. The van der Waals surface area contributed by atoms with Crippen LogP contribution in [0.15, 0.2) is 30.6 Å². The van der Waals surface area contributed by atoms with Crippen molar-refractivity contribution >= 4 is 5.69 Å². The third-order valence-electron chi connectivity index (χ3n) is 3.13. The lowest BCUT2D eigenvalue weighted by Gasteiger charge is -2.30. The molecule has 0 saturated carbocycles. The quantitative estimate of drug-likeness (QED) is 0.724. The molecule has 18 heavy (non-hydrogen) atoms. The molecule has 92 valence electrons. The maximum absolute atomic E-state index is 13.7. The van der Waals surface area contributed by atoms with E-state index in [1.54, 1.807) is 6.20 Å². The molecule has 2 aromatic rings. The molecule has 0 fully saturated rings. The van der Waals surface area contributed by atoms with Gasteiger partial charge in [-0.2, -0.15) is 8.78 Å². The van der Waals surface area contributed by atoms with Gasteiger partial charge in [-0.25, -0.2) is 4.98 Å². The number of aromatic nitrogens is 2. The minimum Gasteiger partial charge on any atom is -0.364 e. The second-order valence-electron chi connectivity index (χ2n) is 4.22. The minimum atomic E-state index is -1.05. The van der Waals surface area contributed by atoms with Gasteiger partial charge in [0.15, 0.2) is 0 Å². The van der Waals surface area contributed by atoms with E-state index in [1.165, 1.54) is 12.3 Å². The van der Waals surface area contributed by atoms with Crippen molar-refractivity contribution in [2.24, 2.45) is 0 Å². The van der Waals surface area contributed by atoms with Gasteiger partial charge in [-0.15, -0.1) is 0 Å². The van der Waals surface area contributed by atoms with Crippen molar-refractivity contribution in [1.29, 1.82) is 0 Å². The molecule has 1 aliphatic heterocycles. The number of hydrogen-bond acceptors (Lipinski definition) is 3. The molecule has 3 nitrogen and oxygen atoms in total. The zero-order valence-electron chi connectivity index (χ0n) is 9.61. The molecule has 3 heterocycles. The topological polar surface area (TPSA) is 29.0 Å². The summed E-state index contributed by atoms with van der Waals surface area (Å²) in [5, 5.41) is 0. The van der Waals surface area contributed by atoms with E-state index < -0.39 is 11.8 Å². The van der Waals surface area contributed by atoms with Crippen molar-refractivity contribution < 1.29 is 8.78 Å². The van der Waals surface area contributed by atoms with E-state index in [-0.39, 0.29) is 5.69 Å². The molecule has 0 radical (unpaired) electrons. The predicted octanol–water partition coefficient (Wildman–Crippen LogP) is 2.32. The van der Waals surface area contributed by atoms with Crippen LogP contribution in [0.3, 0.4) is 0 Å². The summed E-state index contributed by atoms with van der Waals surface area (Å²) in [5.41, 5.74) is 2.35. The van der Waals surface area contributed by atoms with Gasteiger partial charge in [0.25, 0.3) is 5.95 Å². The largest absolute Gasteiger partial charge is 0.364 e. The molecule has 0 bridgehead atoms. The molecular weight excluding hydrogens is 236 g/mol. The second kappa shape index (κ2) is 4.33. The number of rotatable bonds is 1. The highest BCUT2D eigenvalue weighted by atomic mass is 19.2. The van der Waals surface area contributed by atoms with Crippen molar-refractivity contribution in [3.8, 4) is 0 Å². The van der Waals surface area contributed by atoms with Gasteiger partial charge in [0.2, 0.25) is 5.82 Å². The Labute approximate surface area is 103 Å². The average Bonchev–Trinajstić information content (AvgIpc) is 2.41. The van der Waals surface area contributed by atoms with Gasteiger partial charge in [0, 0.05) is 37.6 Å².